The fourth-order valence-corrected chi connectivity index (χ4v) is 3.01. The average molecular weight is 331 g/mol. The van der Waals surface area contributed by atoms with Crippen molar-refractivity contribution < 1.29 is 0 Å². The van der Waals surface area contributed by atoms with E-state index in [4.69, 9.17) is 28.3 Å². The summed E-state index contributed by atoms with van der Waals surface area (Å²) in [6.45, 7) is 0.905. The number of hydrogen-bond donors (Lipinski definition) is 1. The predicted molar refractivity (Wildman–Crippen MR) is 89.0 cm³/mol. The topological polar surface area (TPSA) is 42.7 Å². The molecule has 6 heteroatoms. The Morgan fingerprint density at radius 2 is 2.05 bits per heavy atom. The molecular formula is C16H12Cl2N4. The van der Waals surface area contributed by atoms with Crippen LogP contribution in [0.1, 0.15) is 5.56 Å². The number of halogens is 2. The molecule has 110 valence electrons. The largest absolute Gasteiger partial charge is 0.369 e. The second-order valence-corrected chi connectivity index (χ2v) is 5.92. The van der Waals surface area contributed by atoms with E-state index in [1.165, 1.54) is 5.56 Å². The fraction of sp³-hybridized carbons (Fsp3) is 0.125. The Morgan fingerprint density at radius 3 is 2.82 bits per heavy atom. The van der Waals surface area contributed by atoms with Gasteiger partial charge in [0.2, 0.25) is 0 Å². The van der Waals surface area contributed by atoms with Crippen molar-refractivity contribution in [2.75, 3.05) is 11.9 Å². The number of anilines is 1. The summed E-state index contributed by atoms with van der Waals surface area (Å²) >= 11 is 12.1. The molecule has 3 heterocycles. The van der Waals surface area contributed by atoms with Crippen LogP contribution in [0.2, 0.25) is 10.0 Å². The fourth-order valence-electron chi connectivity index (χ4n) is 2.71. The van der Waals surface area contributed by atoms with Crippen molar-refractivity contribution in [3.63, 3.8) is 0 Å². The minimum atomic E-state index is 0.518. The summed E-state index contributed by atoms with van der Waals surface area (Å²) in [6.07, 6.45) is 4.54. The first kappa shape index (κ1) is 13.6. The number of rotatable bonds is 2. The minimum absolute atomic E-state index is 0.518. The molecule has 0 fully saturated rings. The van der Waals surface area contributed by atoms with Gasteiger partial charge in [-0.3, -0.25) is 4.98 Å². The summed E-state index contributed by atoms with van der Waals surface area (Å²) in [4.78, 5) is 4.19. The molecule has 0 spiro atoms. The van der Waals surface area contributed by atoms with Crippen molar-refractivity contribution in [3.05, 3.63) is 58.3 Å². The van der Waals surface area contributed by atoms with Gasteiger partial charge in [0.05, 0.1) is 21.4 Å². The quantitative estimate of drug-likeness (QED) is 0.765. The third-order valence-electron chi connectivity index (χ3n) is 3.73. The number of pyridine rings is 1. The zero-order valence-electron chi connectivity index (χ0n) is 11.6. The zero-order valence-corrected chi connectivity index (χ0v) is 13.1. The molecule has 0 saturated heterocycles. The van der Waals surface area contributed by atoms with Gasteiger partial charge >= 0.3 is 0 Å². The molecule has 4 rings (SSSR count). The van der Waals surface area contributed by atoms with Gasteiger partial charge < -0.3 is 5.32 Å². The lowest BCUT2D eigenvalue weighted by Gasteiger charge is -2.07. The van der Waals surface area contributed by atoms with Crippen LogP contribution >= 0.6 is 23.2 Å². The highest BCUT2D eigenvalue weighted by atomic mass is 35.5. The van der Waals surface area contributed by atoms with Crippen LogP contribution in [-0.4, -0.2) is 21.3 Å². The summed E-state index contributed by atoms with van der Waals surface area (Å²) in [5.74, 6) is 1.01. The maximum absolute atomic E-state index is 6.14. The number of hydrogen-bond acceptors (Lipinski definition) is 3. The molecule has 1 N–H and O–H groups in total. The Morgan fingerprint density at radius 1 is 1.14 bits per heavy atom. The molecule has 0 atom stereocenters. The maximum Gasteiger partial charge on any atom is 0.133 e. The molecule has 0 unspecified atom stereocenters. The lowest BCUT2D eigenvalue weighted by atomic mass is 10.1. The lowest BCUT2D eigenvalue weighted by Crippen LogP contribution is -2.04. The van der Waals surface area contributed by atoms with Crippen LogP contribution in [0.3, 0.4) is 0 Å². The van der Waals surface area contributed by atoms with E-state index in [9.17, 15) is 0 Å². The van der Waals surface area contributed by atoms with Gasteiger partial charge in [-0.15, -0.1) is 0 Å². The minimum Gasteiger partial charge on any atom is -0.369 e. The molecular weight excluding hydrogens is 319 g/mol. The van der Waals surface area contributed by atoms with Crippen LogP contribution in [0.25, 0.3) is 16.9 Å². The molecule has 1 aliphatic heterocycles. The van der Waals surface area contributed by atoms with E-state index >= 15 is 0 Å². The highest BCUT2D eigenvalue weighted by Gasteiger charge is 2.24. The van der Waals surface area contributed by atoms with Crippen LogP contribution in [0.5, 0.6) is 0 Å². The molecule has 22 heavy (non-hydrogen) atoms. The molecule has 0 radical (unpaired) electrons. The molecule has 4 nitrogen and oxygen atoms in total. The molecule has 3 aromatic rings. The van der Waals surface area contributed by atoms with Crippen LogP contribution < -0.4 is 5.32 Å². The van der Waals surface area contributed by atoms with Crippen molar-refractivity contribution in [2.45, 2.75) is 6.42 Å². The lowest BCUT2D eigenvalue weighted by molar-refractivity contribution is 0.882. The predicted octanol–water partition coefficient (Wildman–Crippen LogP) is 4.21. The highest BCUT2D eigenvalue weighted by Crippen LogP contribution is 2.35. The van der Waals surface area contributed by atoms with Gasteiger partial charge in [0, 0.05) is 30.1 Å². The maximum atomic E-state index is 6.14. The second kappa shape index (κ2) is 5.30. The Labute approximate surface area is 137 Å². The summed E-state index contributed by atoms with van der Waals surface area (Å²) in [5.41, 5.74) is 4.06. The molecule has 0 amide bonds. The summed E-state index contributed by atoms with van der Waals surface area (Å²) in [5, 5.41) is 9.21. The first-order chi connectivity index (χ1) is 10.7. The van der Waals surface area contributed by atoms with Gasteiger partial charge in [-0.1, -0.05) is 23.2 Å². The monoisotopic (exact) mass is 330 g/mol. The van der Waals surface area contributed by atoms with Gasteiger partial charge in [-0.05, 0) is 36.8 Å². The third-order valence-corrected chi connectivity index (χ3v) is 4.47. The molecule has 0 bridgehead atoms. The van der Waals surface area contributed by atoms with E-state index < -0.39 is 0 Å². The Bertz CT molecular complexity index is 843. The number of aromatic nitrogens is 3. The smallest absolute Gasteiger partial charge is 0.133 e. The van der Waals surface area contributed by atoms with Crippen LogP contribution in [-0.2, 0) is 6.42 Å². The molecule has 0 saturated carbocycles. The SMILES string of the molecule is Clc1ccc(-n2nc(-c3cccnc3)c3c2NCC3)cc1Cl. The normalized spacial score (nSPS) is 13.0. The van der Waals surface area contributed by atoms with Gasteiger partial charge in [-0.2, -0.15) is 5.10 Å². The molecule has 1 aromatic carbocycles. The van der Waals surface area contributed by atoms with Gasteiger partial charge in [0.15, 0.2) is 0 Å². The van der Waals surface area contributed by atoms with Crippen LogP contribution in [0, 0.1) is 0 Å². The summed E-state index contributed by atoms with van der Waals surface area (Å²) in [7, 11) is 0. The first-order valence-electron chi connectivity index (χ1n) is 6.95. The van der Waals surface area contributed by atoms with Crippen molar-refractivity contribution in [2.24, 2.45) is 0 Å². The number of nitrogens with one attached hydrogen (secondary N) is 1. The second-order valence-electron chi connectivity index (χ2n) is 5.10. The molecule has 1 aliphatic rings. The molecule has 0 aliphatic carbocycles. The van der Waals surface area contributed by atoms with Crippen LogP contribution in [0.4, 0.5) is 5.82 Å². The number of benzene rings is 1. The van der Waals surface area contributed by atoms with E-state index in [1.807, 2.05) is 35.1 Å². The Balaban J connectivity index is 1.89. The van der Waals surface area contributed by atoms with E-state index in [2.05, 4.69) is 10.3 Å². The highest BCUT2D eigenvalue weighted by molar-refractivity contribution is 6.42. The van der Waals surface area contributed by atoms with E-state index in [-0.39, 0.29) is 0 Å². The van der Waals surface area contributed by atoms with E-state index in [0.29, 0.717) is 10.0 Å². The standard InChI is InChI=1S/C16H12Cl2N4/c17-13-4-3-11(8-14(13)18)22-16-12(5-7-20-16)15(21-22)10-2-1-6-19-9-10/h1-4,6,8-9,20H,5,7H2. The molecule has 2 aromatic heterocycles. The van der Waals surface area contributed by atoms with Crippen molar-refractivity contribution in [1.29, 1.82) is 0 Å². The van der Waals surface area contributed by atoms with Gasteiger partial charge in [-0.25, -0.2) is 4.68 Å². The summed E-state index contributed by atoms with van der Waals surface area (Å²) in [6, 6.07) is 9.46. The van der Waals surface area contributed by atoms with Gasteiger partial charge in [0.1, 0.15) is 5.82 Å². The average Bonchev–Trinajstić information content (AvgIpc) is 3.13. The Hall–Kier alpha value is -2.04. The van der Waals surface area contributed by atoms with E-state index in [1.54, 1.807) is 12.3 Å². The van der Waals surface area contributed by atoms with Crippen molar-refractivity contribution in [1.82, 2.24) is 14.8 Å². The van der Waals surface area contributed by atoms with Crippen molar-refractivity contribution in [3.8, 4) is 16.9 Å². The number of fused-ring (bicyclic) bond motifs is 1. The number of nitrogens with zero attached hydrogens (tertiary/aromatic N) is 3. The third kappa shape index (κ3) is 2.16. The van der Waals surface area contributed by atoms with Gasteiger partial charge in [0.25, 0.3) is 0 Å². The van der Waals surface area contributed by atoms with Crippen molar-refractivity contribution >= 4 is 29.0 Å². The first-order valence-corrected chi connectivity index (χ1v) is 7.71. The zero-order chi connectivity index (χ0) is 15.1. The Kier molecular flexibility index (Phi) is 3.28. The van der Waals surface area contributed by atoms with Crippen LogP contribution in [0.15, 0.2) is 42.7 Å². The van der Waals surface area contributed by atoms with E-state index in [0.717, 1.165) is 35.7 Å². The summed E-state index contributed by atoms with van der Waals surface area (Å²) < 4.78 is 1.88.